The molecule has 38 heavy (non-hydrogen) atoms. The van der Waals surface area contributed by atoms with Gasteiger partial charge in [0.05, 0.1) is 29.7 Å². The van der Waals surface area contributed by atoms with E-state index in [2.05, 4.69) is 16.0 Å². The summed E-state index contributed by atoms with van der Waals surface area (Å²) >= 11 is 6.46. The molecule has 2 aromatic heterocycles. The van der Waals surface area contributed by atoms with Gasteiger partial charge in [0, 0.05) is 22.5 Å². The van der Waals surface area contributed by atoms with Gasteiger partial charge in [-0.05, 0) is 79.9 Å². The Hall–Kier alpha value is -4.29. The van der Waals surface area contributed by atoms with E-state index in [1.165, 1.54) is 0 Å². The Morgan fingerprint density at radius 1 is 0.947 bits per heavy atom. The summed E-state index contributed by atoms with van der Waals surface area (Å²) in [5, 5.41) is 8.74. The van der Waals surface area contributed by atoms with Crippen molar-refractivity contribution in [2.45, 2.75) is 33.4 Å². The van der Waals surface area contributed by atoms with Crippen LogP contribution >= 0.6 is 11.6 Å². The largest absolute Gasteiger partial charge is 0.322 e. The van der Waals surface area contributed by atoms with Crippen molar-refractivity contribution in [2.24, 2.45) is 0 Å². The summed E-state index contributed by atoms with van der Waals surface area (Å²) in [4.78, 5) is 16.0. The van der Waals surface area contributed by atoms with Crippen molar-refractivity contribution < 1.29 is 4.79 Å². The standard InChI is InChI=1S/C31H28ClN5O/c1-20-10-7-15-27(21(20)2)33-31(38)36-19-26-22(3)34-37(25-13-5-4-6-14-25)30(26)35-17-9-16-28(35)29(36)23-11-8-12-24(32)18-23/h4-18,29H,19H2,1-3H3,(H,33,38)/t29-/m1/s1. The third kappa shape index (κ3) is 4.07. The molecule has 5 aromatic rings. The number of benzene rings is 3. The Kier molecular flexibility index (Phi) is 6.04. The van der Waals surface area contributed by atoms with E-state index in [-0.39, 0.29) is 12.1 Å². The molecule has 3 heterocycles. The number of carbonyl (C=O) groups is 1. The molecule has 0 unspecified atom stereocenters. The quantitative estimate of drug-likeness (QED) is 0.269. The SMILES string of the molecule is Cc1cccc(NC(=O)N2Cc3c(C)nn(-c4ccccc4)c3-n3cccc3[C@H]2c2cccc(Cl)c2)c1C. The number of hydrogen-bond donors (Lipinski definition) is 1. The van der Waals surface area contributed by atoms with Gasteiger partial charge in [0.25, 0.3) is 0 Å². The number of hydrogen-bond acceptors (Lipinski definition) is 2. The van der Waals surface area contributed by atoms with Crippen LogP contribution in [0.1, 0.15) is 39.7 Å². The fourth-order valence-electron chi connectivity index (χ4n) is 5.25. The number of anilines is 1. The van der Waals surface area contributed by atoms with Crippen LogP contribution in [0.5, 0.6) is 0 Å². The second-order valence-electron chi connectivity index (χ2n) is 9.70. The van der Waals surface area contributed by atoms with Crippen LogP contribution in [0, 0.1) is 20.8 Å². The summed E-state index contributed by atoms with van der Waals surface area (Å²) < 4.78 is 4.12. The lowest BCUT2D eigenvalue weighted by Crippen LogP contribution is -2.38. The van der Waals surface area contributed by atoms with Crippen LogP contribution in [0.4, 0.5) is 10.5 Å². The van der Waals surface area contributed by atoms with Gasteiger partial charge in [-0.3, -0.25) is 0 Å². The minimum atomic E-state index is -0.371. The lowest BCUT2D eigenvalue weighted by molar-refractivity contribution is 0.194. The summed E-state index contributed by atoms with van der Waals surface area (Å²) in [6, 6.07) is 27.3. The first-order chi connectivity index (χ1) is 18.4. The highest BCUT2D eigenvalue weighted by molar-refractivity contribution is 6.30. The number of nitrogens with one attached hydrogen (secondary N) is 1. The second kappa shape index (κ2) is 9.54. The van der Waals surface area contributed by atoms with Gasteiger partial charge in [0.2, 0.25) is 0 Å². The molecule has 1 aliphatic heterocycles. The number of nitrogens with zero attached hydrogens (tertiary/aromatic N) is 4. The second-order valence-corrected chi connectivity index (χ2v) is 10.1. The number of carbonyl (C=O) groups excluding carboxylic acids is 1. The minimum Gasteiger partial charge on any atom is -0.308 e. The monoisotopic (exact) mass is 521 g/mol. The van der Waals surface area contributed by atoms with E-state index < -0.39 is 0 Å². The van der Waals surface area contributed by atoms with Crippen LogP contribution in [0.2, 0.25) is 5.02 Å². The molecule has 0 saturated carbocycles. The van der Waals surface area contributed by atoms with Gasteiger partial charge in [-0.15, -0.1) is 0 Å². The summed E-state index contributed by atoms with van der Waals surface area (Å²) in [5.74, 6) is 0.933. The molecule has 2 amide bonds. The highest BCUT2D eigenvalue weighted by atomic mass is 35.5. The molecule has 1 N–H and O–H groups in total. The molecule has 7 heteroatoms. The molecule has 0 aliphatic carbocycles. The molecule has 190 valence electrons. The topological polar surface area (TPSA) is 55.1 Å². The van der Waals surface area contributed by atoms with Crippen molar-refractivity contribution in [3.8, 4) is 11.5 Å². The van der Waals surface area contributed by atoms with E-state index in [0.29, 0.717) is 11.6 Å². The third-order valence-corrected chi connectivity index (χ3v) is 7.59. The van der Waals surface area contributed by atoms with Crippen LogP contribution in [-0.2, 0) is 6.54 Å². The Morgan fingerprint density at radius 3 is 2.53 bits per heavy atom. The lowest BCUT2D eigenvalue weighted by atomic mass is 10.0. The van der Waals surface area contributed by atoms with Gasteiger partial charge < -0.3 is 14.8 Å². The Morgan fingerprint density at radius 2 is 1.74 bits per heavy atom. The zero-order valence-electron chi connectivity index (χ0n) is 21.5. The summed E-state index contributed by atoms with van der Waals surface area (Å²) in [7, 11) is 0. The van der Waals surface area contributed by atoms with Crippen molar-refractivity contribution in [2.75, 3.05) is 5.32 Å². The molecule has 6 rings (SSSR count). The fourth-order valence-corrected chi connectivity index (χ4v) is 5.45. The van der Waals surface area contributed by atoms with Crippen LogP contribution in [-0.4, -0.2) is 25.3 Å². The highest BCUT2D eigenvalue weighted by Crippen LogP contribution is 2.39. The molecular weight excluding hydrogens is 494 g/mol. The van der Waals surface area contributed by atoms with E-state index in [9.17, 15) is 4.79 Å². The molecule has 3 aromatic carbocycles. The lowest BCUT2D eigenvalue weighted by Gasteiger charge is -2.31. The Bertz CT molecular complexity index is 1650. The summed E-state index contributed by atoms with van der Waals surface area (Å²) in [6.07, 6.45) is 2.04. The maximum atomic E-state index is 14.1. The van der Waals surface area contributed by atoms with E-state index in [1.807, 2.05) is 115 Å². The van der Waals surface area contributed by atoms with Crippen LogP contribution in [0.3, 0.4) is 0 Å². The zero-order chi connectivity index (χ0) is 26.4. The average molecular weight is 522 g/mol. The van der Waals surface area contributed by atoms with E-state index >= 15 is 0 Å². The average Bonchev–Trinajstić information content (AvgIpc) is 3.47. The minimum absolute atomic E-state index is 0.184. The molecule has 0 spiro atoms. The van der Waals surface area contributed by atoms with Gasteiger partial charge in [-0.1, -0.05) is 54.1 Å². The van der Waals surface area contributed by atoms with E-state index in [4.69, 9.17) is 16.7 Å². The smallest absolute Gasteiger partial charge is 0.308 e. The van der Waals surface area contributed by atoms with Crippen molar-refractivity contribution in [1.29, 1.82) is 0 Å². The number of rotatable bonds is 3. The first-order valence-corrected chi connectivity index (χ1v) is 13.0. The number of halogens is 1. The van der Waals surface area contributed by atoms with Crippen molar-refractivity contribution in [3.05, 3.63) is 130 Å². The predicted octanol–water partition coefficient (Wildman–Crippen LogP) is 7.38. The van der Waals surface area contributed by atoms with Crippen molar-refractivity contribution in [1.82, 2.24) is 19.2 Å². The maximum absolute atomic E-state index is 14.1. The molecule has 1 atom stereocenters. The number of amides is 2. The van der Waals surface area contributed by atoms with Gasteiger partial charge >= 0.3 is 6.03 Å². The predicted molar refractivity (Wildman–Crippen MR) is 151 cm³/mol. The van der Waals surface area contributed by atoms with Gasteiger partial charge in [-0.2, -0.15) is 5.10 Å². The van der Waals surface area contributed by atoms with Gasteiger partial charge in [0.1, 0.15) is 5.82 Å². The Balaban J connectivity index is 1.54. The third-order valence-electron chi connectivity index (χ3n) is 7.36. The van der Waals surface area contributed by atoms with E-state index in [0.717, 1.165) is 50.8 Å². The number of para-hydroxylation sites is 1. The molecule has 0 radical (unpaired) electrons. The molecule has 0 fully saturated rings. The fraction of sp³-hybridized carbons (Fsp3) is 0.161. The Labute approximate surface area is 227 Å². The van der Waals surface area contributed by atoms with E-state index in [1.54, 1.807) is 0 Å². The highest BCUT2D eigenvalue weighted by Gasteiger charge is 2.36. The van der Waals surface area contributed by atoms with Crippen LogP contribution in [0.15, 0.2) is 91.1 Å². The number of urea groups is 1. The first-order valence-electron chi connectivity index (χ1n) is 12.6. The maximum Gasteiger partial charge on any atom is 0.322 e. The van der Waals surface area contributed by atoms with Crippen LogP contribution < -0.4 is 5.32 Å². The normalized spacial score (nSPS) is 14.5. The number of aryl methyl sites for hydroxylation is 2. The number of fused-ring (bicyclic) bond motifs is 3. The molecule has 0 bridgehead atoms. The van der Waals surface area contributed by atoms with Crippen molar-refractivity contribution >= 4 is 23.3 Å². The zero-order valence-corrected chi connectivity index (χ0v) is 22.3. The van der Waals surface area contributed by atoms with Gasteiger partial charge in [-0.25, -0.2) is 9.48 Å². The molecule has 1 aliphatic rings. The first kappa shape index (κ1) is 24.1. The van der Waals surface area contributed by atoms with Crippen molar-refractivity contribution in [3.63, 3.8) is 0 Å². The number of aromatic nitrogens is 3. The molecule has 6 nitrogen and oxygen atoms in total. The summed E-state index contributed by atoms with van der Waals surface area (Å²) in [6.45, 7) is 6.46. The molecule has 0 saturated heterocycles. The van der Waals surface area contributed by atoms with Crippen LogP contribution in [0.25, 0.3) is 11.5 Å². The van der Waals surface area contributed by atoms with Gasteiger partial charge in [0.15, 0.2) is 0 Å². The molecular formula is C31H28ClN5O. The summed E-state index contributed by atoms with van der Waals surface area (Å²) in [5.41, 5.74) is 7.70.